The van der Waals surface area contributed by atoms with Crippen molar-refractivity contribution in [3.8, 4) is 5.82 Å². The Morgan fingerprint density at radius 3 is 2.40 bits per heavy atom. The first kappa shape index (κ1) is 23.9. The number of rotatable bonds is 7. The number of alkyl halides is 3. The summed E-state index contributed by atoms with van der Waals surface area (Å²) in [5.41, 5.74) is -0.772. The van der Waals surface area contributed by atoms with Crippen LogP contribution in [0.1, 0.15) is 5.69 Å². The fourth-order valence-electron chi connectivity index (χ4n) is 3.38. The summed E-state index contributed by atoms with van der Waals surface area (Å²) >= 11 is 6.24. The second-order valence-electron chi connectivity index (χ2n) is 7.31. The minimum atomic E-state index is -4.82. The third kappa shape index (κ3) is 4.99. The Morgan fingerprint density at radius 1 is 1.09 bits per heavy atom. The van der Waals surface area contributed by atoms with E-state index in [1.54, 1.807) is 31.2 Å². The average molecular weight is 499 g/mol. The quantitative estimate of drug-likeness (QED) is 0.224. The average Bonchev–Trinajstić information content (AvgIpc) is 3.34. The molecule has 0 aliphatic carbocycles. The number of fused-ring (bicyclic) bond motifs is 1. The molecule has 0 amide bonds. The largest absolute Gasteiger partial charge is 0.431 e. The number of aryl methyl sites for hydroxylation is 1. The van der Waals surface area contributed by atoms with E-state index in [2.05, 4.69) is 37.4 Å². The van der Waals surface area contributed by atoms with Crippen molar-refractivity contribution in [2.45, 2.75) is 13.1 Å². The van der Waals surface area contributed by atoms with Crippen LogP contribution in [-0.4, -0.2) is 37.4 Å². The summed E-state index contributed by atoms with van der Waals surface area (Å²) in [6, 6.07) is 8.42. The smallest absolute Gasteiger partial charge is 0.354 e. The zero-order valence-electron chi connectivity index (χ0n) is 18.2. The third-order valence-corrected chi connectivity index (χ3v) is 5.28. The second kappa shape index (κ2) is 9.55. The standard InChI is InChI=1S/C23H18ClF3N8/c1-13-16-5-3-4-6-17(16)20(12-29-13)34-21(23(25,26)27)18(10-28)14(2)33-15-9-19(24)22(30-11-15)35-31-7-8-32-35/h3-12,28,33-34H,2H2,1H3/b21-18+,28-10?. The number of allylic oxidation sites excluding steroid dienone is 2. The predicted molar refractivity (Wildman–Crippen MR) is 129 cm³/mol. The van der Waals surface area contributed by atoms with Crippen LogP contribution in [0.3, 0.4) is 0 Å². The van der Waals surface area contributed by atoms with Crippen LogP contribution in [0.4, 0.5) is 24.5 Å². The highest BCUT2D eigenvalue weighted by molar-refractivity contribution is 6.32. The van der Waals surface area contributed by atoms with Gasteiger partial charge in [0, 0.05) is 34.0 Å². The lowest BCUT2D eigenvalue weighted by Crippen LogP contribution is -2.24. The Balaban J connectivity index is 1.69. The van der Waals surface area contributed by atoms with Gasteiger partial charge in [0.2, 0.25) is 0 Å². The lowest BCUT2D eigenvalue weighted by atomic mass is 10.1. The van der Waals surface area contributed by atoms with Gasteiger partial charge in [0.15, 0.2) is 5.82 Å². The maximum absolute atomic E-state index is 14.1. The van der Waals surface area contributed by atoms with Crippen LogP contribution in [0.15, 0.2) is 78.7 Å². The maximum Gasteiger partial charge on any atom is 0.431 e. The van der Waals surface area contributed by atoms with Gasteiger partial charge in [0.05, 0.1) is 41.2 Å². The minimum absolute atomic E-state index is 0.145. The van der Waals surface area contributed by atoms with E-state index in [1.165, 1.54) is 35.7 Å². The Morgan fingerprint density at radius 2 is 1.77 bits per heavy atom. The molecule has 3 aromatic heterocycles. The van der Waals surface area contributed by atoms with Crippen molar-refractivity contribution in [2.75, 3.05) is 10.6 Å². The molecule has 35 heavy (non-hydrogen) atoms. The van der Waals surface area contributed by atoms with Crippen molar-refractivity contribution in [3.63, 3.8) is 0 Å². The van der Waals surface area contributed by atoms with Crippen molar-refractivity contribution in [2.24, 2.45) is 0 Å². The van der Waals surface area contributed by atoms with Crippen molar-refractivity contribution >= 4 is 40.0 Å². The zero-order valence-corrected chi connectivity index (χ0v) is 19.0. The van der Waals surface area contributed by atoms with E-state index in [4.69, 9.17) is 17.0 Å². The summed E-state index contributed by atoms with van der Waals surface area (Å²) < 4.78 is 42.4. The molecule has 4 aromatic rings. The lowest BCUT2D eigenvalue weighted by molar-refractivity contribution is -0.0906. The van der Waals surface area contributed by atoms with Crippen LogP contribution in [-0.2, 0) is 0 Å². The topological polar surface area (TPSA) is 104 Å². The number of pyridine rings is 2. The van der Waals surface area contributed by atoms with Crippen molar-refractivity contribution in [1.29, 1.82) is 5.41 Å². The van der Waals surface area contributed by atoms with Crippen molar-refractivity contribution in [3.05, 3.63) is 89.4 Å². The SMILES string of the molecule is C=C(Nc1cnc(-n2nccn2)c(Cl)c1)/C(C=N)=C(/Nc1cnc(C)c2ccccc12)C(F)(F)F. The maximum atomic E-state index is 14.1. The van der Waals surface area contributed by atoms with Gasteiger partial charge in [-0.05, 0) is 13.0 Å². The number of aromatic nitrogens is 5. The van der Waals surface area contributed by atoms with E-state index in [-0.39, 0.29) is 27.9 Å². The third-order valence-electron chi connectivity index (χ3n) is 5.00. The number of nitrogens with one attached hydrogen (secondary N) is 3. The summed E-state index contributed by atoms with van der Waals surface area (Å²) in [7, 11) is 0. The number of halogens is 4. The molecule has 3 N–H and O–H groups in total. The summed E-state index contributed by atoms with van der Waals surface area (Å²) in [6.07, 6.45) is 1.32. The van der Waals surface area contributed by atoms with E-state index in [0.29, 0.717) is 22.7 Å². The molecule has 0 aliphatic rings. The number of nitrogens with zero attached hydrogens (tertiary/aromatic N) is 5. The first-order valence-electron chi connectivity index (χ1n) is 10.1. The fourth-order valence-corrected chi connectivity index (χ4v) is 3.62. The Bertz CT molecular complexity index is 1450. The Labute approximate surface area is 202 Å². The van der Waals surface area contributed by atoms with Crippen LogP contribution in [0.2, 0.25) is 5.02 Å². The second-order valence-corrected chi connectivity index (χ2v) is 7.72. The molecule has 0 bridgehead atoms. The zero-order chi connectivity index (χ0) is 25.2. The monoisotopic (exact) mass is 498 g/mol. The molecule has 12 heteroatoms. The van der Waals surface area contributed by atoms with Gasteiger partial charge in [0.25, 0.3) is 0 Å². The fraction of sp³-hybridized carbons (Fsp3) is 0.0870. The molecule has 0 radical (unpaired) electrons. The summed E-state index contributed by atoms with van der Waals surface area (Å²) in [5.74, 6) is 0.243. The molecular formula is C23H18ClF3N8. The molecule has 3 heterocycles. The van der Waals surface area contributed by atoms with Gasteiger partial charge in [-0.2, -0.15) is 23.4 Å². The molecule has 0 saturated carbocycles. The van der Waals surface area contributed by atoms with Gasteiger partial charge in [-0.3, -0.25) is 4.98 Å². The molecule has 1 aromatic carbocycles. The van der Waals surface area contributed by atoms with Gasteiger partial charge in [-0.15, -0.1) is 4.80 Å². The molecule has 0 fully saturated rings. The van der Waals surface area contributed by atoms with Gasteiger partial charge in [-0.25, -0.2) is 4.98 Å². The first-order chi connectivity index (χ1) is 16.7. The molecule has 0 aliphatic heterocycles. The number of hydrogen-bond donors (Lipinski definition) is 3. The summed E-state index contributed by atoms with van der Waals surface area (Å²) in [6.45, 7) is 5.47. The minimum Gasteiger partial charge on any atom is -0.354 e. The first-order valence-corrected chi connectivity index (χ1v) is 10.5. The van der Waals surface area contributed by atoms with E-state index >= 15 is 0 Å². The van der Waals surface area contributed by atoms with Gasteiger partial charge < -0.3 is 16.0 Å². The Hall–Kier alpha value is -4.25. The number of benzene rings is 1. The normalized spacial score (nSPS) is 12.3. The van der Waals surface area contributed by atoms with Crippen molar-refractivity contribution in [1.82, 2.24) is 25.0 Å². The molecule has 0 spiro atoms. The highest BCUT2D eigenvalue weighted by atomic mass is 35.5. The number of hydrogen-bond acceptors (Lipinski definition) is 7. The van der Waals surface area contributed by atoms with Crippen LogP contribution in [0.5, 0.6) is 0 Å². The Kier molecular flexibility index (Phi) is 6.52. The van der Waals surface area contributed by atoms with Crippen LogP contribution < -0.4 is 10.6 Å². The molecular weight excluding hydrogens is 481 g/mol. The van der Waals surface area contributed by atoms with E-state index in [1.807, 2.05) is 0 Å². The van der Waals surface area contributed by atoms with Crippen molar-refractivity contribution < 1.29 is 13.2 Å². The predicted octanol–water partition coefficient (Wildman–Crippen LogP) is 5.68. The van der Waals surface area contributed by atoms with Crippen LogP contribution in [0.25, 0.3) is 16.6 Å². The summed E-state index contributed by atoms with van der Waals surface area (Å²) in [4.78, 5) is 9.55. The molecule has 0 atom stereocenters. The highest BCUT2D eigenvalue weighted by Crippen LogP contribution is 2.34. The van der Waals surface area contributed by atoms with E-state index < -0.39 is 17.4 Å². The van der Waals surface area contributed by atoms with Crippen LogP contribution >= 0.6 is 11.6 Å². The van der Waals surface area contributed by atoms with E-state index in [9.17, 15) is 13.2 Å². The molecule has 0 unspecified atom stereocenters. The molecule has 8 nitrogen and oxygen atoms in total. The van der Waals surface area contributed by atoms with Gasteiger partial charge in [-0.1, -0.05) is 42.4 Å². The summed E-state index contributed by atoms with van der Waals surface area (Å²) in [5, 5.41) is 22.2. The molecule has 4 rings (SSSR count). The van der Waals surface area contributed by atoms with Crippen LogP contribution in [0, 0.1) is 12.3 Å². The highest BCUT2D eigenvalue weighted by Gasteiger charge is 2.37. The lowest BCUT2D eigenvalue weighted by Gasteiger charge is -2.20. The number of anilines is 2. The molecule has 0 saturated heterocycles. The van der Waals surface area contributed by atoms with Gasteiger partial charge >= 0.3 is 6.18 Å². The van der Waals surface area contributed by atoms with E-state index in [0.717, 1.165) is 0 Å². The molecule has 178 valence electrons. The van der Waals surface area contributed by atoms with Gasteiger partial charge in [0.1, 0.15) is 5.70 Å².